The molecule has 0 aliphatic heterocycles. The lowest BCUT2D eigenvalue weighted by molar-refractivity contribution is 0.102. The number of para-hydroxylation sites is 1. The SMILES string of the molecule is O=C(NCc1ccco1)Nc1ccc(NC(=O)c2cccc3cn[nH]c23)cc1. The van der Waals surface area contributed by atoms with E-state index in [1.807, 2.05) is 6.07 Å². The van der Waals surface area contributed by atoms with Gasteiger partial charge < -0.3 is 20.4 Å². The fourth-order valence-electron chi connectivity index (χ4n) is 2.75. The number of nitrogens with one attached hydrogen (secondary N) is 4. The van der Waals surface area contributed by atoms with E-state index in [2.05, 4.69) is 26.1 Å². The van der Waals surface area contributed by atoms with Gasteiger partial charge in [0.2, 0.25) is 0 Å². The van der Waals surface area contributed by atoms with Crippen molar-refractivity contribution >= 4 is 34.2 Å². The van der Waals surface area contributed by atoms with E-state index < -0.39 is 0 Å². The maximum absolute atomic E-state index is 12.5. The number of anilines is 2. The van der Waals surface area contributed by atoms with Crippen LogP contribution in [0.4, 0.5) is 16.2 Å². The molecule has 0 aliphatic carbocycles. The molecule has 2 aromatic carbocycles. The number of benzene rings is 2. The van der Waals surface area contributed by atoms with Crippen LogP contribution in [0.5, 0.6) is 0 Å². The summed E-state index contributed by atoms with van der Waals surface area (Å²) in [4.78, 5) is 24.5. The van der Waals surface area contributed by atoms with E-state index in [-0.39, 0.29) is 11.9 Å². The van der Waals surface area contributed by atoms with Crippen molar-refractivity contribution in [2.45, 2.75) is 6.54 Å². The van der Waals surface area contributed by atoms with Crippen LogP contribution >= 0.6 is 0 Å². The van der Waals surface area contributed by atoms with Gasteiger partial charge in [-0.25, -0.2) is 4.79 Å². The van der Waals surface area contributed by atoms with Gasteiger partial charge in [0.1, 0.15) is 5.76 Å². The van der Waals surface area contributed by atoms with Crippen LogP contribution < -0.4 is 16.0 Å². The van der Waals surface area contributed by atoms with Gasteiger partial charge >= 0.3 is 6.03 Å². The maximum Gasteiger partial charge on any atom is 0.319 e. The quantitative estimate of drug-likeness (QED) is 0.426. The van der Waals surface area contributed by atoms with Gasteiger partial charge in [-0.05, 0) is 42.5 Å². The molecule has 0 bridgehead atoms. The van der Waals surface area contributed by atoms with Gasteiger partial charge in [-0.15, -0.1) is 0 Å². The Labute approximate surface area is 159 Å². The largest absolute Gasteiger partial charge is 0.467 e. The standard InChI is InChI=1S/C20H17N5O3/c26-19(17-5-1-3-13-11-22-25-18(13)17)23-14-6-8-15(9-7-14)24-20(27)21-12-16-4-2-10-28-16/h1-11H,12H2,(H,22,25)(H,23,26)(H2,21,24,27). The number of furan rings is 1. The molecule has 3 amide bonds. The number of fused-ring (bicyclic) bond motifs is 1. The highest BCUT2D eigenvalue weighted by Crippen LogP contribution is 2.19. The van der Waals surface area contributed by atoms with Gasteiger partial charge in [0.15, 0.2) is 0 Å². The lowest BCUT2D eigenvalue weighted by Crippen LogP contribution is -2.27. The Morgan fingerprint density at radius 3 is 2.50 bits per heavy atom. The molecule has 2 heterocycles. The van der Waals surface area contributed by atoms with Crippen LogP contribution in [-0.2, 0) is 6.54 Å². The zero-order valence-electron chi connectivity index (χ0n) is 14.7. The smallest absolute Gasteiger partial charge is 0.319 e. The van der Waals surface area contributed by atoms with Crippen LogP contribution in [0.15, 0.2) is 71.5 Å². The molecule has 28 heavy (non-hydrogen) atoms. The summed E-state index contributed by atoms with van der Waals surface area (Å²) in [6.45, 7) is 0.298. The van der Waals surface area contributed by atoms with Crippen LogP contribution in [0.3, 0.4) is 0 Å². The fourth-order valence-corrected chi connectivity index (χ4v) is 2.75. The molecular weight excluding hydrogens is 358 g/mol. The summed E-state index contributed by atoms with van der Waals surface area (Å²) in [6, 6.07) is 15.5. The van der Waals surface area contributed by atoms with Crippen LogP contribution in [0.1, 0.15) is 16.1 Å². The molecule has 8 heteroatoms. The number of rotatable bonds is 5. The first-order valence-corrected chi connectivity index (χ1v) is 8.60. The van der Waals surface area contributed by atoms with E-state index in [0.29, 0.717) is 34.8 Å². The minimum Gasteiger partial charge on any atom is -0.467 e. The first-order valence-electron chi connectivity index (χ1n) is 8.60. The summed E-state index contributed by atoms with van der Waals surface area (Å²) in [5, 5.41) is 15.9. The monoisotopic (exact) mass is 375 g/mol. The summed E-state index contributed by atoms with van der Waals surface area (Å²) in [5.74, 6) is 0.423. The third-order valence-electron chi connectivity index (χ3n) is 4.13. The number of carbonyl (C=O) groups is 2. The molecule has 0 aliphatic rings. The second kappa shape index (κ2) is 7.67. The Morgan fingerprint density at radius 1 is 0.964 bits per heavy atom. The molecular formula is C20H17N5O3. The lowest BCUT2D eigenvalue weighted by atomic mass is 10.1. The first-order chi connectivity index (χ1) is 13.7. The Kier molecular flexibility index (Phi) is 4.75. The number of hydrogen-bond acceptors (Lipinski definition) is 4. The molecule has 2 aromatic heterocycles. The summed E-state index contributed by atoms with van der Waals surface area (Å²) in [7, 11) is 0. The average molecular weight is 375 g/mol. The van der Waals surface area contributed by atoms with Crippen molar-refractivity contribution in [3.05, 3.63) is 78.4 Å². The lowest BCUT2D eigenvalue weighted by Gasteiger charge is -2.09. The molecule has 4 aromatic rings. The van der Waals surface area contributed by atoms with Crippen LogP contribution in [0, 0.1) is 0 Å². The molecule has 0 unspecified atom stereocenters. The first kappa shape index (κ1) is 17.3. The van der Waals surface area contributed by atoms with Gasteiger partial charge in [0, 0.05) is 16.8 Å². The van der Waals surface area contributed by atoms with Crippen LogP contribution in [0.2, 0.25) is 0 Å². The molecule has 8 nitrogen and oxygen atoms in total. The molecule has 0 atom stereocenters. The molecule has 0 saturated carbocycles. The summed E-state index contributed by atoms with van der Waals surface area (Å²) in [5.41, 5.74) is 2.41. The molecule has 140 valence electrons. The number of urea groups is 1. The van der Waals surface area contributed by atoms with Crippen molar-refractivity contribution in [2.75, 3.05) is 10.6 Å². The zero-order valence-corrected chi connectivity index (χ0v) is 14.7. The predicted molar refractivity (Wildman–Crippen MR) is 105 cm³/mol. The van der Waals surface area contributed by atoms with E-state index in [9.17, 15) is 9.59 Å². The van der Waals surface area contributed by atoms with Gasteiger partial charge in [0.05, 0.1) is 30.1 Å². The number of hydrogen-bond donors (Lipinski definition) is 4. The highest BCUT2D eigenvalue weighted by molar-refractivity contribution is 6.11. The number of amides is 3. The second-order valence-corrected chi connectivity index (χ2v) is 6.06. The minimum atomic E-state index is -0.348. The van der Waals surface area contributed by atoms with Gasteiger partial charge in [0.25, 0.3) is 5.91 Å². The summed E-state index contributed by atoms with van der Waals surface area (Å²) in [6.07, 6.45) is 3.22. The van der Waals surface area contributed by atoms with E-state index in [0.717, 1.165) is 5.39 Å². The predicted octanol–water partition coefficient (Wildman–Crippen LogP) is 3.73. The Morgan fingerprint density at radius 2 is 1.75 bits per heavy atom. The number of H-pyrrole nitrogens is 1. The van der Waals surface area contributed by atoms with Gasteiger partial charge in [-0.2, -0.15) is 5.10 Å². The highest BCUT2D eigenvalue weighted by atomic mass is 16.3. The van der Waals surface area contributed by atoms with Gasteiger partial charge in [-0.3, -0.25) is 9.89 Å². The number of carbonyl (C=O) groups excluding carboxylic acids is 2. The van der Waals surface area contributed by atoms with E-state index >= 15 is 0 Å². The van der Waals surface area contributed by atoms with Crippen LogP contribution in [-0.4, -0.2) is 22.1 Å². The topological polar surface area (TPSA) is 112 Å². The Bertz CT molecular complexity index is 1100. The van der Waals surface area contributed by atoms with E-state index in [4.69, 9.17) is 4.42 Å². The van der Waals surface area contributed by atoms with Crippen molar-refractivity contribution in [3.63, 3.8) is 0 Å². The average Bonchev–Trinajstić information content (AvgIpc) is 3.39. The Hall–Kier alpha value is -4.07. The summed E-state index contributed by atoms with van der Waals surface area (Å²) >= 11 is 0. The van der Waals surface area contributed by atoms with Crippen molar-refractivity contribution in [1.82, 2.24) is 15.5 Å². The van der Waals surface area contributed by atoms with Crippen LogP contribution in [0.25, 0.3) is 10.9 Å². The molecule has 4 rings (SSSR count). The minimum absolute atomic E-state index is 0.244. The second-order valence-electron chi connectivity index (χ2n) is 6.06. The molecule has 0 spiro atoms. The number of nitrogens with zero attached hydrogens (tertiary/aromatic N) is 1. The van der Waals surface area contributed by atoms with Crippen molar-refractivity contribution < 1.29 is 14.0 Å². The van der Waals surface area contributed by atoms with E-state index in [1.165, 1.54) is 0 Å². The highest BCUT2D eigenvalue weighted by Gasteiger charge is 2.11. The van der Waals surface area contributed by atoms with E-state index in [1.54, 1.807) is 61.0 Å². The third kappa shape index (κ3) is 3.85. The van der Waals surface area contributed by atoms with Crippen molar-refractivity contribution in [3.8, 4) is 0 Å². The number of aromatic nitrogens is 2. The fraction of sp³-hybridized carbons (Fsp3) is 0.0500. The van der Waals surface area contributed by atoms with Gasteiger partial charge in [-0.1, -0.05) is 12.1 Å². The molecule has 0 saturated heterocycles. The Balaban J connectivity index is 1.36. The van der Waals surface area contributed by atoms with Crippen molar-refractivity contribution in [1.29, 1.82) is 0 Å². The summed E-state index contributed by atoms with van der Waals surface area (Å²) < 4.78 is 5.16. The third-order valence-corrected chi connectivity index (χ3v) is 4.13. The molecule has 0 fully saturated rings. The molecule has 4 N–H and O–H groups in total. The number of aromatic amines is 1. The normalized spacial score (nSPS) is 10.6. The molecule has 0 radical (unpaired) electrons. The van der Waals surface area contributed by atoms with Crippen molar-refractivity contribution in [2.24, 2.45) is 0 Å². The zero-order chi connectivity index (χ0) is 19.3. The maximum atomic E-state index is 12.5.